The molecule has 3 nitrogen and oxygen atoms in total. The third-order valence-electron chi connectivity index (χ3n) is 5.12. The van der Waals surface area contributed by atoms with Gasteiger partial charge in [-0.05, 0) is 37.7 Å². The van der Waals surface area contributed by atoms with Gasteiger partial charge in [-0.25, -0.2) is 4.79 Å². The van der Waals surface area contributed by atoms with Crippen LogP contribution in [-0.4, -0.2) is 17.9 Å². The highest BCUT2D eigenvalue weighted by Gasteiger charge is 2.59. The lowest BCUT2D eigenvalue weighted by Gasteiger charge is -2.36. The summed E-state index contributed by atoms with van der Waals surface area (Å²) < 4.78 is 5.49. The summed E-state index contributed by atoms with van der Waals surface area (Å²) in [5.41, 5.74) is -0.0378. The van der Waals surface area contributed by atoms with Gasteiger partial charge in [-0.2, -0.15) is 0 Å². The highest BCUT2D eigenvalue weighted by atomic mass is 16.6. The molecule has 0 N–H and O–H groups in total. The highest BCUT2D eigenvalue weighted by molar-refractivity contribution is 6.00. The topological polar surface area (TPSA) is 43.4 Å². The van der Waals surface area contributed by atoms with Gasteiger partial charge in [-0.15, -0.1) is 0 Å². The molecule has 0 amide bonds. The Balaban J connectivity index is 2.08. The Morgan fingerprint density at radius 3 is 2.83 bits per heavy atom. The van der Waals surface area contributed by atoms with Crippen LogP contribution in [0.15, 0.2) is 24.3 Å². The normalized spacial score (nSPS) is 46.7. The zero-order chi connectivity index (χ0) is 13.1. The molecule has 0 bridgehead atoms. The van der Waals surface area contributed by atoms with Crippen LogP contribution in [0.2, 0.25) is 0 Å². The van der Waals surface area contributed by atoms with E-state index in [0.717, 1.165) is 12.8 Å². The van der Waals surface area contributed by atoms with Crippen LogP contribution in [-0.2, 0) is 14.3 Å². The number of fused-ring (bicyclic) bond motifs is 3. The van der Waals surface area contributed by atoms with Gasteiger partial charge in [-0.3, -0.25) is 4.79 Å². The van der Waals surface area contributed by atoms with E-state index in [4.69, 9.17) is 4.74 Å². The average molecular weight is 246 g/mol. The van der Waals surface area contributed by atoms with E-state index in [2.05, 4.69) is 13.5 Å². The maximum absolute atomic E-state index is 12.3. The van der Waals surface area contributed by atoms with Gasteiger partial charge in [0.2, 0.25) is 0 Å². The Morgan fingerprint density at radius 2 is 2.11 bits per heavy atom. The van der Waals surface area contributed by atoms with Gasteiger partial charge >= 0.3 is 5.97 Å². The number of carbonyl (C=O) groups is 2. The Labute approximate surface area is 107 Å². The lowest BCUT2D eigenvalue weighted by molar-refractivity contribution is -0.150. The number of hydrogen-bond acceptors (Lipinski definition) is 3. The smallest absolute Gasteiger partial charge is 0.334 e. The van der Waals surface area contributed by atoms with Gasteiger partial charge in [0.05, 0.1) is 5.41 Å². The van der Waals surface area contributed by atoms with E-state index < -0.39 is 5.41 Å². The van der Waals surface area contributed by atoms with E-state index in [1.54, 1.807) is 6.08 Å². The summed E-state index contributed by atoms with van der Waals surface area (Å²) in [4.78, 5) is 24.0. The van der Waals surface area contributed by atoms with Gasteiger partial charge in [0.1, 0.15) is 6.10 Å². The molecule has 0 radical (unpaired) electrons. The van der Waals surface area contributed by atoms with Gasteiger partial charge < -0.3 is 4.74 Å². The molecule has 1 saturated heterocycles. The van der Waals surface area contributed by atoms with Crippen molar-refractivity contribution < 1.29 is 14.3 Å². The Kier molecular flexibility index (Phi) is 2.31. The molecule has 0 aromatic carbocycles. The Bertz CT molecular complexity index is 476. The molecule has 0 aromatic heterocycles. The van der Waals surface area contributed by atoms with Crippen molar-refractivity contribution in [3.8, 4) is 0 Å². The molecule has 2 fully saturated rings. The molecule has 2 aliphatic carbocycles. The van der Waals surface area contributed by atoms with E-state index in [1.165, 1.54) is 0 Å². The number of hydrogen-bond donors (Lipinski definition) is 0. The molecule has 1 saturated carbocycles. The second-order valence-electron chi connectivity index (χ2n) is 6.04. The van der Waals surface area contributed by atoms with Crippen molar-refractivity contribution in [1.29, 1.82) is 0 Å². The van der Waals surface area contributed by atoms with Gasteiger partial charge in [-0.1, -0.05) is 19.6 Å². The maximum atomic E-state index is 12.3. The maximum Gasteiger partial charge on any atom is 0.334 e. The number of ether oxygens (including phenoxy) is 1. The predicted molar refractivity (Wildman–Crippen MR) is 66.7 cm³/mol. The van der Waals surface area contributed by atoms with Crippen LogP contribution in [0.1, 0.15) is 26.7 Å². The summed E-state index contributed by atoms with van der Waals surface area (Å²) in [6.07, 6.45) is 5.25. The van der Waals surface area contributed by atoms with Crippen LogP contribution in [0.5, 0.6) is 0 Å². The lowest BCUT2D eigenvalue weighted by Crippen LogP contribution is -2.45. The summed E-state index contributed by atoms with van der Waals surface area (Å²) in [7, 11) is 0. The van der Waals surface area contributed by atoms with Crippen molar-refractivity contribution in [2.75, 3.05) is 0 Å². The molecule has 1 heterocycles. The number of ketones is 1. The van der Waals surface area contributed by atoms with E-state index >= 15 is 0 Å². The molecule has 0 aromatic rings. The van der Waals surface area contributed by atoms with Crippen molar-refractivity contribution in [3.63, 3.8) is 0 Å². The number of allylic oxidation sites excluding steroid dienone is 2. The molecule has 0 unspecified atom stereocenters. The molecular weight excluding hydrogens is 228 g/mol. The SMILES string of the molecule is C=C1C(=O)O[C@H]2[C@H]1CC[C@@H](C)[C@H]1C=CC(=O)[C@@]12C. The number of rotatable bonds is 0. The fraction of sp³-hybridized carbons (Fsp3) is 0.600. The van der Waals surface area contributed by atoms with E-state index in [9.17, 15) is 9.59 Å². The molecule has 1 aliphatic heterocycles. The fourth-order valence-electron chi connectivity index (χ4n) is 3.94. The molecule has 5 atom stereocenters. The molecule has 3 rings (SSSR count). The zero-order valence-corrected chi connectivity index (χ0v) is 10.8. The van der Waals surface area contributed by atoms with Gasteiger partial charge in [0.15, 0.2) is 5.78 Å². The number of esters is 1. The Morgan fingerprint density at radius 1 is 1.39 bits per heavy atom. The van der Waals surface area contributed by atoms with Crippen LogP contribution in [0, 0.1) is 23.2 Å². The Hall–Kier alpha value is -1.38. The molecule has 3 heteroatoms. The van der Waals surface area contributed by atoms with Crippen molar-refractivity contribution >= 4 is 11.8 Å². The van der Waals surface area contributed by atoms with Crippen LogP contribution in [0.4, 0.5) is 0 Å². The second-order valence-corrected chi connectivity index (χ2v) is 6.04. The van der Waals surface area contributed by atoms with Gasteiger partial charge in [0, 0.05) is 11.5 Å². The standard InChI is InChI=1S/C15H18O3/c1-8-4-5-10-9(2)14(17)18-13(10)15(3)11(8)6-7-12(15)16/h6-8,10-11,13H,2,4-5H2,1,3H3/t8-,10+,11-,13+,15-/m1/s1. The van der Waals surface area contributed by atoms with E-state index in [0.29, 0.717) is 11.5 Å². The first-order chi connectivity index (χ1) is 8.46. The second kappa shape index (κ2) is 3.56. The summed E-state index contributed by atoms with van der Waals surface area (Å²) in [6, 6.07) is 0. The van der Waals surface area contributed by atoms with Crippen LogP contribution >= 0.6 is 0 Å². The van der Waals surface area contributed by atoms with Crippen LogP contribution in [0.25, 0.3) is 0 Å². The first kappa shape index (κ1) is 11.7. The summed E-state index contributed by atoms with van der Waals surface area (Å²) in [5.74, 6) is 0.408. The van der Waals surface area contributed by atoms with Gasteiger partial charge in [0.25, 0.3) is 0 Å². The first-order valence-corrected chi connectivity index (χ1v) is 6.58. The molecular formula is C15H18O3. The lowest BCUT2D eigenvalue weighted by atomic mass is 9.68. The van der Waals surface area contributed by atoms with Crippen molar-refractivity contribution in [2.24, 2.45) is 23.2 Å². The quantitative estimate of drug-likeness (QED) is 0.486. The fourth-order valence-corrected chi connectivity index (χ4v) is 3.94. The monoisotopic (exact) mass is 246 g/mol. The molecule has 18 heavy (non-hydrogen) atoms. The minimum absolute atomic E-state index is 0.0128. The third-order valence-corrected chi connectivity index (χ3v) is 5.12. The van der Waals surface area contributed by atoms with Crippen molar-refractivity contribution in [1.82, 2.24) is 0 Å². The zero-order valence-electron chi connectivity index (χ0n) is 10.8. The molecule has 3 aliphatic rings. The summed E-state index contributed by atoms with van der Waals surface area (Å²) in [5, 5.41) is 0. The van der Waals surface area contributed by atoms with E-state index in [1.807, 2.05) is 13.0 Å². The van der Waals surface area contributed by atoms with Crippen LogP contribution in [0.3, 0.4) is 0 Å². The minimum Gasteiger partial charge on any atom is -0.457 e. The third kappa shape index (κ3) is 1.25. The largest absolute Gasteiger partial charge is 0.457 e. The molecule has 0 spiro atoms. The molecule has 96 valence electrons. The highest BCUT2D eigenvalue weighted by Crippen LogP contribution is 2.54. The first-order valence-electron chi connectivity index (χ1n) is 6.58. The summed E-state index contributed by atoms with van der Waals surface area (Å²) >= 11 is 0. The van der Waals surface area contributed by atoms with E-state index in [-0.39, 0.29) is 29.7 Å². The van der Waals surface area contributed by atoms with Crippen molar-refractivity contribution in [3.05, 3.63) is 24.3 Å². The van der Waals surface area contributed by atoms with Crippen molar-refractivity contribution in [2.45, 2.75) is 32.8 Å². The minimum atomic E-state index is -0.588. The average Bonchev–Trinajstić information content (AvgIpc) is 2.75. The van der Waals surface area contributed by atoms with Crippen LogP contribution < -0.4 is 0 Å². The predicted octanol–water partition coefficient (Wildman–Crippen LogP) is 2.28. The summed E-state index contributed by atoms with van der Waals surface area (Å²) in [6.45, 7) is 7.98. The number of carbonyl (C=O) groups excluding carboxylic acids is 2.